The van der Waals surface area contributed by atoms with Crippen LogP contribution in [-0.4, -0.2) is 12.5 Å². The molecule has 1 N–H and O–H groups in total. The Morgan fingerprint density at radius 2 is 1.91 bits per heavy atom. The fraction of sp³-hybridized carbons (Fsp3) is 0.176. The van der Waals surface area contributed by atoms with Crippen molar-refractivity contribution in [3.05, 3.63) is 59.9 Å². The van der Waals surface area contributed by atoms with Crippen LogP contribution in [0.25, 0.3) is 0 Å². The highest BCUT2D eigenvalue weighted by molar-refractivity contribution is 5.90. The van der Waals surface area contributed by atoms with E-state index in [2.05, 4.69) is 5.32 Å². The standard InChI is InChI=1S/C17H15FN2O2/c18-15-4-1-2-5-16(15)22-11-3-6-17(21)20-14-9-7-13(12-19)8-10-14/h1-2,4-5,7-10H,3,6,11H2,(H,20,21). The lowest BCUT2D eigenvalue weighted by atomic mass is 10.2. The number of nitriles is 1. The summed E-state index contributed by atoms with van der Waals surface area (Å²) in [5.41, 5.74) is 1.18. The van der Waals surface area contributed by atoms with Crippen molar-refractivity contribution in [1.82, 2.24) is 0 Å². The molecule has 2 aromatic rings. The zero-order valence-electron chi connectivity index (χ0n) is 11.9. The largest absolute Gasteiger partial charge is 0.491 e. The summed E-state index contributed by atoms with van der Waals surface area (Å²) in [7, 11) is 0. The number of rotatable bonds is 6. The molecule has 0 fully saturated rings. The van der Waals surface area contributed by atoms with E-state index in [9.17, 15) is 9.18 Å². The molecule has 0 spiro atoms. The average Bonchev–Trinajstić information content (AvgIpc) is 2.54. The van der Waals surface area contributed by atoms with Gasteiger partial charge in [-0.25, -0.2) is 4.39 Å². The SMILES string of the molecule is N#Cc1ccc(NC(=O)CCCOc2ccccc2F)cc1. The molecule has 5 heteroatoms. The lowest BCUT2D eigenvalue weighted by molar-refractivity contribution is -0.116. The summed E-state index contributed by atoms with van der Waals surface area (Å²) >= 11 is 0. The second-order valence-electron chi connectivity index (χ2n) is 4.62. The van der Waals surface area contributed by atoms with Gasteiger partial charge in [-0.3, -0.25) is 4.79 Å². The molecular formula is C17H15FN2O2. The number of benzene rings is 2. The van der Waals surface area contributed by atoms with Crippen LogP contribution in [0.3, 0.4) is 0 Å². The van der Waals surface area contributed by atoms with Crippen LogP contribution in [0.4, 0.5) is 10.1 Å². The number of nitrogens with one attached hydrogen (secondary N) is 1. The molecule has 22 heavy (non-hydrogen) atoms. The smallest absolute Gasteiger partial charge is 0.224 e. The Morgan fingerprint density at radius 1 is 1.18 bits per heavy atom. The molecule has 0 saturated heterocycles. The summed E-state index contributed by atoms with van der Waals surface area (Å²) in [4.78, 5) is 11.7. The highest BCUT2D eigenvalue weighted by Crippen LogP contribution is 2.15. The van der Waals surface area contributed by atoms with Crippen LogP contribution in [0, 0.1) is 17.1 Å². The molecule has 0 radical (unpaired) electrons. The third-order valence-corrected chi connectivity index (χ3v) is 2.94. The molecule has 0 aliphatic heterocycles. The summed E-state index contributed by atoms with van der Waals surface area (Å²) in [6, 6.07) is 14.8. The summed E-state index contributed by atoms with van der Waals surface area (Å²) in [5, 5.41) is 11.4. The van der Waals surface area contributed by atoms with E-state index in [1.807, 2.05) is 6.07 Å². The number of halogens is 1. The summed E-state index contributed by atoms with van der Waals surface area (Å²) < 4.78 is 18.6. The van der Waals surface area contributed by atoms with Crippen LogP contribution in [0.15, 0.2) is 48.5 Å². The molecule has 0 aliphatic carbocycles. The van der Waals surface area contributed by atoms with Crippen molar-refractivity contribution in [1.29, 1.82) is 5.26 Å². The normalized spacial score (nSPS) is 9.82. The fourth-order valence-electron chi connectivity index (χ4n) is 1.83. The van der Waals surface area contributed by atoms with Gasteiger partial charge in [-0.05, 0) is 42.8 Å². The van der Waals surface area contributed by atoms with Crippen LogP contribution in [-0.2, 0) is 4.79 Å². The molecule has 2 rings (SSSR count). The van der Waals surface area contributed by atoms with Crippen LogP contribution in [0.5, 0.6) is 5.75 Å². The van der Waals surface area contributed by atoms with Gasteiger partial charge < -0.3 is 10.1 Å². The van der Waals surface area contributed by atoms with Gasteiger partial charge in [0, 0.05) is 12.1 Å². The topological polar surface area (TPSA) is 62.1 Å². The number of hydrogen-bond donors (Lipinski definition) is 1. The predicted molar refractivity (Wildman–Crippen MR) is 80.9 cm³/mol. The monoisotopic (exact) mass is 298 g/mol. The van der Waals surface area contributed by atoms with E-state index in [0.717, 1.165) is 0 Å². The number of nitrogens with zero attached hydrogens (tertiary/aromatic N) is 1. The van der Waals surface area contributed by atoms with Gasteiger partial charge in [0.25, 0.3) is 0 Å². The number of carbonyl (C=O) groups is 1. The van der Waals surface area contributed by atoms with E-state index >= 15 is 0 Å². The van der Waals surface area contributed by atoms with Crippen molar-refractivity contribution < 1.29 is 13.9 Å². The zero-order chi connectivity index (χ0) is 15.8. The van der Waals surface area contributed by atoms with E-state index in [4.69, 9.17) is 10.00 Å². The second-order valence-corrected chi connectivity index (χ2v) is 4.62. The maximum Gasteiger partial charge on any atom is 0.224 e. The van der Waals surface area contributed by atoms with Crippen LogP contribution in [0.2, 0.25) is 0 Å². The Hall–Kier alpha value is -2.87. The summed E-state index contributed by atoms with van der Waals surface area (Å²) in [5.74, 6) is -0.374. The van der Waals surface area contributed by atoms with E-state index < -0.39 is 5.82 Å². The quantitative estimate of drug-likeness (QED) is 0.830. The van der Waals surface area contributed by atoms with Gasteiger partial charge in [-0.2, -0.15) is 5.26 Å². The van der Waals surface area contributed by atoms with Crippen LogP contribution in [0.1, 0.15) is 18.4 Å². The maximum absolute atomic E-state index is 13.3. The lowest BCUT2D eigenvalue weighted by Crippen LogP contribution is -2.12. The fourth-order valence-corrected chi connectivity index (χ4v) is 1.83. The zero-order valence-corrected chi connectivity index (χ0v) is 11.9. The number of para-hydroxylation sites is 1. The molecule has 0 heterocycles. The first-order chi connectivity index (χ1) is 10.7. The summed E-state index contributed by atoms with van der Waals surface area (Å²) in [6.07, 6.45) is 0.755. The van der Waals surface area contributed by atoms with Crippen molar-refractivity contribution in [2.75, 3.05) is 11.9 Å². The molecule has 2 aromatic carbocycles. The highest BCUT2D eigenvalue weighted by atomic mass is 19.1. The molecular weight excluding hydrogens is 283 g/mol. The number of anilines is 1. The van der Waals surface area contributed by atoms with Crippen LogP contribution >= 0.6 is 0 Å². The number of ether oxygens (including phenoxy) is 1. The minimum atomic E-state index is -0.412. The van der Waals surface area contributed by atoms with Gasteiger partial charge >= 0.3 is 0 Å². The van der Waals surface area contributed by atoms with Gasteiger partial charge in [0.2, 0.25) is 5.91 Å². The maximum atomic E-state index is 13.3. The van der Waals surface area contributed by atoms with E-state index in [-0.39, 0.29) is 24.7 Å². The van der Waals surface area contributed by atoms with Crippen molar-refractivity contribution in [3.8, 4) is 11.8 Å². The number of hydrogen-bond acceptors (Lipinski definition) is 3. The van der Waals surface area contributed by atoms with Gasteiger partial charge in [0.1, 0.15) is 0 Å². The number of amides is 1. The first-order valence-corrected chi connectivity index (χ1v) is 6.86. The molecule has 0 aromatic heterocycles. The minimum Gasteiger partial charge on any atom is -0.491 e. The average molecular weight is 298 g/mol. The van der Waals surface area contributed by atoms with E-state index in [0.29, 0.717) is 17.7 Å². The molecule has 0 saturated carbocycles. The lowest BCUT2D eigenvalue weighted by Gasteiger charge is -2.07. The first-order valence-electron chi connectivity index (χ1n) is 6.86. The van der Waals surface area contributed by atoms with Crippen molar-refractivity contribution in [3.63, 3.8) is 0 Å². The molecule has 0 aliphatic rings. The predicted octanol–water partition coefficient (Wildman–Crippen LogP) is 3.50. The van der Waals surface area contributed by atoms with Crippen molar-refractivity contribution in [2.45, 2.75) is 12.8 Å². The van der Waals surface area contributed by atoms with Gasteiger partial charge in [-0.15, -0.1) is 0 Å². The van der Waals surface area contributed by atoms with Crippen molar-refractivity contribution in [2.24, 2.45) is 0 Å². The van der Waals surface area contributed by atoms with Gasteiger partial charge in [0.05, 0.1) is 18.2 Å². The van der Waals surface area contributed by atoms with E-state index in [1.165, 1.54) is 6.07 Å². The molecule has 112 valence electrons. The Labute approximate surface area is 128 Å². The Kier molecular flexibility index (Phi) is 5.50. The first kappa shape index (κ1) is 15.5. The summed E-state index contributed by atoms with van der Waals surface area (Å²) in [6.45, 7) is 0.266. The van der Waals surface area contributed by atoms with E-state index in [1.54, 1.807) is 42.5 Å². The van der Waals surface area contributed by atoms with Crippen LogP contribution < -0.4 is 10.1 Å². The Morgan fingerprint density at radius 3 is 2.59 bits per heavy atom. The van der Waals surface area contributed by atoms with Crippen molar-refractivity contribution >= 4 is 11.6 Å². The van der Waals surface area contributed by atoms with Gasteiger partial charge in [0.15, 0.2) is 11.6 Å². The molecule has 0 unspecified atom stereocenters. The van der Waals surface area contributed by atoms with Gasteiger partial charge in [-0.1, -0.05) is 12.1 Å². The Balaban J connectivity index is 1.71. The Bertz CT molecular complexity index is 678. The molecule has 0 atom stereocenters. The number of carbonyl (C=O) groups excluding carboxylic acids is 1. The third-order valence-electron chi connectivity index (χ3n) is 2.94. The minimum absolute atomic E-state index is 0.151. The molecule has 4 nitrogen and oxygen atoms in total. The highest BCUT2D eigenvalue weighted by Gasteiger charge is 2.04. The second kappa shape index (κ2) is 7.79. The molecule has 1 amide bonds. The third kappa shape index (κ3) is 4.60. The molecule has 0 bridgehead atoms.